The summed E-state index contributed by atoms with van der Waals surface area (Å²) < 4.78 is 7.91. The number of carbonyl (C=O) groups is 1. The first-order valence-electron chi connectivity index (χ1n) is 10.1. The molecule has 4 nitrogen and oxygen atoms in total. The van der Waals surface area contributed by atoms with Gasteiger partial charge in [-0.3, -0.25) is 4.90 Å². The van der Waals surface area contributed by atoms with Crippen molar-refractivity contribution in [2.24, 2.45) is 0 Å². The van der Waals surface area contributed by atoms with E-state index in [1.807, 2.05) is 20.8 Å². The van der Waals surface area contributed by atoms with Gasteiger partial charge >= 0.3 is 6.09 Å². The van der Waals surface area contributed by atoms with E-state index in [1.54, 1.807) is 4.90 Å². The van der Waals surface area contributed by atoms with E-state index in [9.17, 15) is 4.79 Å². The van der Waals surface area contributed by atoms with Gasteiger partial charge in [-0.25, -0.2) is 4.79 Å². The van der Waals surface area contributed by atoms with Crippen molar-refractivity contribution in [2.75, 3.05) is 0 Å². The molecule has 0 atom stereocenters. The molecule has 5 rings (SSSR count). The molecule has 144 valence electrons. The normalized spacial score (nSPS) is 15.8. The second-order valence-corrected chi connectivity index (χ2v) is 9.01. The molecule has 0 saturated heterocycles. The Morgan fingerprint density at radius 1 is 0.964 bits per heavy atom. The first kappa shape index (κ1) is 17.4. The lowest BCUT2D eigenvalue weighted by Gasteiger charge is -2.24. The van der Waals surface area contributed by atoms with Crippen molar-refractivity contribution in [3.63, 3.8) is 0 Å². The number of benzene rings is 2. The Morgan fingerprint density at radius 3 is 2.57 bits per heavy atom. The fraction of sp³-hybridized carbons (Fsp3) is 0.375. The molecule has 28 heavy (non-hydrogen) atoms. The van der Waals surface area contributed by atoms with E-state index in [-0.39, 0.29) is 6.09 Å². The predicted molar refractivity (Wildman–Crippen MR) is 111 cm³/mol. The van der Waals surface area contributed by atoms with E-state index >= 15 is 0 Å². The number of fused-ring (bicyclic) bond motifs is 1. The molecule has 0 fully saturated rings. The maximum atomic E-state index is 12.4. The topological polar surface area (TPSA) is 34.5 Å². The van der Waals surface area contributed by atoms with Crippen LogP contribution in [0, 0.1) is 0 Å². The Morgan fingerprint density at radius 2 is 1.75 bits per heavy atom. The Kier molecular flexibility index (Phi) is 3.80. The molecule has 0 N–H and O–H groups in total. The minimum absolute atomic E-state index is 0.238. The summed E-state index contributed by atoms with van der Waals surface area (Å²) in [5, 5.41) is 1.32. The maximum Gasteiger partial charge on any atom is 0.410 e. The summed E-state index contributed by atoms with van der Waals surface area (Å²) in [6.07, 6.45) is 4.32. The fourth-order valence-electron chi connectivity index (χ4n) is 4.45. The van der Waals surface area contributed by atoms with E-state index in [0.717, 1.165) is 13.0 Å². The predicted octanol–water partition coefficient (Wildman–Crippen LogP) is 5.51. The van der Waals surface area contributed by atoms with Gasteiger partial charge in [0.15, 0.2) is 0 Å². The number of nitrogens with zero attached hydrogens (tertiary/aromatic N) is 2. The standard InChI is InChI=1S/C24H26N2O2/c1-24(2,3)28-23(27)26-14-19-7-6-16(11-21(19)15-26)20-12-17-5-4-9-25-10-8-18(13-20)22(17)25/h6-8,10-13H,4-5,9,14-15H2,1-3H3. The third kappa shape index (κ3) is 2.97. The third-order valence-electron chi connectivity index (χ3n) is 5.70. The number of aryl methyl sites for hydroxylation is 2. The third-order valence-corrected chi connectivity index (χ3v) is 5.70. The summed E-state index contributed by atoms with van der Waals surface area (Å²) in [5.41, 5.74) is 7.29. The average Bonchev–Trinajstić information content (AvgIpc) is 3.25. The van der Waals surface area contributed by atoms with Crippen molar-refractivity contribution in [1.82, 2.24) is 9.47 Å². The van der Waals surface area contributed by atoms with Crippen LogP contribution in [0.25, 0.3) is 22.0 Å². The molecule has 0 radical (unpaired) electrons. The van der Waals surface area contributed by atoms with Crippen molar-refractivity contribution in [1.29, 1.82) is 0 Å². The van der Waals surface area contributed by atoms with Crippen molar-refractivity contribution in [2.45, 2.75) is 58.8 Å². The molecule has 2 aliphatic rings. The second kappa shape index (κ2) is 6.13. The number of hydrogen-bond donors (Lipinski definition) is 0. The summed E-state index contributed by atoms with van der Waals surface area (Å²) in [4.78, 5) is 14.2. The van der Waals surface area contributed by atoms with Crippen LogP contribution in [0.3, 0.4) is 0 Å². The molecule has 0 unspecified atom stereocenters. The van der Waals surface area contributed by atoms with E-state index in [4.69, 9.17) is 4.74 Å². The molecule has 1 aromatic heterocycles. The molecule has 0 aliphatic carbocycles. The molecule has 2 aliphatic heterocycles. The van der Waals surface area contributed by atoms with E-state index in [0.29, 0.717) is 13.1 Å². The molecule has 0 saturated carbocycles. The van der Waals surface area contributed by atoms with Crippen molar-refractivity contribution in [3.05, 3.63) is 59.3 Å². The van der Waals surface area contributed by atoms with Crippen LogP contribution in [-0.4, -0.2) is 21.2 Å². The molecule has 0 spiro atoms. The van der Waals surface area contributed by atoms with Gasteiger partial charge in [0.05, 0.1) is 5.52 Å². The molecule has 2 aromatic carbocycles. The van der Waals surface area contributed by atoms with Crippen LogP contribution in [0.2, 0.25) is 0 Å². The summed E-state index contributed by atoms with van der Waals surface area (Å²) in [6, 6.07) is 13.5. The van der Waals surface area contributed by atoms with Crippen LogP contribution in [0.5, 0.6) is 0 Å². The average molecular weight is 374 g/mol. The summed E-state index contributed by atoms with van der Waals surface area (Å²) in [7, 11) is 0. The molecule has 3 aromatic rings. The minimum Gasteiger partial charge on any atom is -0.444 e. The lowest BCUT2D eigenvalue weighted by molar-refractivity contribution is 0.0242. The van der Waals surface area contributed by atoms with E-state index in [1.165, 1.54) is 45.1 Å². The summed E-state index contributed by atoms with van der Waals surface area (Å²) in [5.74, 6) is 0. The zero-order chi connectivity index (χ0) is 19.5. The van der Waals surface area contributed by atoms with E-state index < -0.39 is 5.60 Å². The SMILES string of the molecule is CC(C)(C)OC(=O)N1Cc2ccc(-c3cc4c5c(ccn5CCC4)c3)cc2C1. The lowest BCUT2D eigenvalue weighted by Crippen LogP contribution is -2.33. The monoisotopic (exact) mass is 374 g/mol. The zero-order valence-corrected chi connectivity index (χ0v) is 16.8. The molecular formula is C24H26N2O2. The first-order valence-corrected chi connectivity index (χ1v) is 10.1. The van der Waals surface area contributed by atoms with Crippen LogP contribution in [0.15, 0.2) is 42.6 Å². The molecular weight excluding hydrogens is 348 g/mol. The Balaban J connectivity index is 1.45. The van der Waals surface area contributed by atoms with Gasteiger partial charge in [-0.15, -0.1) is 0 Å². The number of carbonyl (C=O) groups excluding carboxylic acids is 1. The summed E-state index contributed by atoms with van der Waals surface area (Å²) in [6.45, 7) is 8.07. The van der Waals surface area contributed by atoms with Crippen LogP contribution in [0.4, 0.5) is 4.79 Å². The highest BCUT2D eigenvalue weighted by molar-refractivity contribution is 5.89. The zero-order valence-electron chi connectivity index (χ0n) is 16.8. The highest BCUT2D eigenvalue weighted by atomic mass is 16.6. The van der Waals surface area contributed by atoms with Gasteiger partial charge in [-0.2, -0.15) is 0 Å². The minimum atomic E-state index is -0.468. The maximum absolute atomic E-state index is 12.4. The van der Waals surface area contributed by atoms with Crippen molar-refractivity contribution < 1.29 is 9.53 Å². The molecule has 1 amide bonds. The summed E-state index contributed by atoms with van der Waals surface area (Å²) >= 11 is 0. The Hall–Kier alpha value is -2.75. The first-order chi connectivity index (χ1) is 13.4. The largest absolute Gasteiger partial charge is 0.444 e. The van der Waals surface area contributed by atoms with Crippen molar-refractivity contribution in [3.8, 4) is 11.1 Å². The van der Waals surface area contributed by atoms with Crippen molar-refractivity contribution >= 4 is 17.0 Å². The number of amides is 1. The number of hydrogen-bond acceptors (Lipinski definition) is 2. The highest BCUT2D eigenvalue weighted by Gasteiger charge is 2.28. The van der Waals surface area contributed by atoms with Gasteiger partial charge in [0.1, 0.15) is 5.60 Å². The van der Waals surface area contributed by atoms with Crippen LogP contribution in [0.1, 0.15) is 43.9 Å². The molecule has 0 bridgehead atoms. The number of aromatic nitrogens is 1. The van der Waals surface area contributed by atoms with Crippen LogP contribution < -0.4 is 0 Å². The van der Waals surface area contributed by atoms with Crippen LogP contribution >= 0.6 is 0 Å². The quantitative estimate of drug-likeness (QED) is 0.563. The van der Waals surface area contributed by atoms with Gasteiger partial charge < -0.3 is 9.30 Å². The fourth-order valence-corrected chi connectivity index (χ4v) is 4.45. The number of rotatable bonds is 1. The lowest BCUT2D eigenvalue weighted by atomic mass is 9.95. The van der Waals surface area contributed by atoms with Gasteiger partial charge in [-0.1, -0.05) is 12.1 Å². The molecule has 3 heterocycles. The highest BCUT2D eigenvalue weighted by Crippen LogP contribution is 2.34. The number of ether oxygens (including phenoxy) is 1. The van der Waals surface area contributed by atoms with Crippen LogP contribution in [-0.2, 0) is 30.8 Å². The van der Waals surface area contributed by atoms with Gasteiger partial charge in [0, 0.05) is 31.2 Å². The molecule has 4 heteroatoms. The van der Waals surface area contributed by atoms with Gasteiger partial charge in [-0.05, 0) is 85.7 Å². The second-order valence-electron chi connectivity index (χ2n) is 9.01. The van der Waals surface area contributed by atoms with Gasteiger partial charge in [0.25, 0.3) is 0 Å². The Bertz CT molecular complexity index is 1090. The van der Waals surface area contributed by atoms with E-state index in [2.05, 4.69) is 47.2 Å². The Labute approximate surface area is 165 Å². The van der Waals surface area contributed by atoms with Gasteiger partial charge in [0.2, 0.25) is 0 Å². The smallest absolute Gasteiger partial charge is 0.410 e.